The molecule has 0 bridgehead atoms. The number of benzene rings is 2. The molecule has 3 aromatic rings. The molecule has 5 heteroatoms. The number of carbonyl (C=O) groups is 1. The molecule has 1 unspecified atom stereocenters. The minimum absolute atomic E-state index is 0.121. The van der Waals surface area contributed by atoms with E-state index < -0.39 is 0 Å². The van der Waals surface area contributed by atoms with Gasteiger partial charge in [-0.3, -0.25) is 9.59 Å². The lowest BCUT2D eigenvalue weighted by molar-refractivity contribution is 0.0988. The number of pyridine rings is 1. The minimum atomic E-state index is -0.257. The van der Waals surface area contributed by atoms with Gasteiger partial charge in [0, 0.05) is 33.7 Å². The normalized spacial score (nSPS) is 17.2. The number of amides is 1. The summed E-state index contributed by atoms with van der Waals surface area (Å²) in [7, 11) is 0. The summed E-state index contributed by atoms with van der Waals surface area (Å²) in [4.78, 5) is 31.1. The molecule has 0 fully saturated rings. The second-order valence-electron chi connectivity index (χ2n) is 6.23. The monoisotopic (exact) mass is 350 g/mol. The highest BCUT2D eigenvalue weighted by molar-refractivity contribution is 8.00. The van der Waals surface area contributed by atoms with Gasteiger partial charge in [0.15, 0.2) is 0 Å². The number of rotatable bonds is 1. The molecule has 4 rings (SSSR count). The van der Waals surface area contributed by atoms with Crippen molar-refractivity contribution in [3.05, 3.63) is 70.5 Å². The third-order valence-corrected chi connectivity index (χ3v) is 5.71. The number of aromatic amines is 1. The van der Waals surface area contributed by atoms with Crippen molar-refractivity contribution >= 4 is 34.3 Å². The first-order valence-corrected chi connectivity index (χ1v) is 9.21. The third kappa shape index (κ3) is 2.96. The molecule has 0 saturated heterocycles. The van der Waals surface area contributed by atoms with Crippen molar-refractivity contribution in [3.8, 4) is 0 Å². The lowest BCUT2D eigenvalue weighted by Crippen LogP contribution is -2.33. The highest BCUT2D eigenvalue weighted by atomic mass is 32.2. The number of fused-ring (bicyclic) bond motifs is 2. The van der Waals surface area contributed by atoms with Gasteiger partial charge >= 0.3 is 0 Å². The maximum Gasteiger partial charge on any atom is 0.259 e. The quantitative estimate of drug-likeness (QED) is 0.720. The summed E-state index contributed by atoms with van der Waals surface area (Å²) in [5.41, 5.74) is 1.80. The molecule has 4 nitrogen and oxygen atoms in total. The molecule has 126 valence electrons. The lowest BCUT2D eigenvalue weighted by Gasteiger charge is -2.23. The summed E-state index contributed by atoms with van der Waals surface area (Å²) in [6.45, 7) is 2.82. The Kier molecular flexibility index (Phi) is 4.09. The van der Waals surface area contributed by atoms with E-state index in [1.165, 1.54) is 6.07 Å². The number of hydrogen-bond acceptors (Lipinski definition) is 3. The summed E-state index contributed by atoms with van der Waals surface area (Å²) >= 11 is 1.79. The van der Waals surface area contributed by atoms with Crippen molar-refractivity contribution in [2.24, 2.45) is 0 Å². The van der Waals surface area contributed by atoms with Crippen molar-refractivity contribution in [2.75, 3.05) is 11.4 Å². The van der Waals surface area contributed by atoms with E-state index >= 15 is 0 Å². The predicted octanol–water partition coefficient (Wildman–Crippen LogP) is 4.06. The molecule has 0 aliphatic carbocycles. The smallest absolute Gasteiger partial charge is 0.259 e. The molecule has 1 aliphatic heterocycles. The molecule has 1 N–H and O–H groups in total. The molecule has 2 heterocycles. The van der Waals surface area contributed by atoms with E-state index in [4.69, 9.17) is 0 Å². The van der Waals surface area contributed by atoms with Crippen molar-refractivity contribution in [3.63, 3.8) is 0 Å². The minimum Gasteiger partial charge on any atom is -0.322 e. The van der Waals surface area contributed by atoms with Gasteiger partial charge in [0.1, 0.15) is 0 Å². The Morgan fingerprint density at radius 2 is 1.92 bits per heavy atom. The van der Waals surface area contributed by atoms with Crippen LogP contribution in [-0.4, -0.2) is 22.7 Å². The second-order valence-corrected chi connectivity index (χ2v) is 7.71. The maximum atomic E-state index is 13.4. The van der Waals surface area contributed by atoms with Gasteiger partial charge in [0.25, 0.3) is 5.91 Å². The first-order valence-electron chi connectivity index (χ1n) is 8.33. The van der Waals surface area contributed by atoms with Crippen LogP contribution in [0.25, 0.3) is 10.9 Å². The number of hydrogen-bond donors (Lipinski definition) is 1. The highest BCUT2D eigenvalue weighted by Crippen LogP contribution is 2.38. The molecule has 1 atom stereocenters. The molecule has 1 amide bonds. The van der Waals surface area contributed by atoms with Crippen LogP contribution in [0.15, 0.2) is 64.3 Å². The number of H-pyrrole nitrogens is 1. The van der Waals surface area contributed by atoms with E-state index in [-0.39, 0.29) is 11.5 Å². The van der Waals surface area contributed by atoms with Crippen LogP contribution in [0.5, 0.6) is 0 Å². The SMILES string of the molecule is CC1CCN(C(=O)c2cc(=O)[nH]c3ccccc23)c2ccccc2S1. The van der Waals surface area contributed by atoms with Crippen LogP contribution in [-0.2, 0) is 0 Å². The molecular weight excluding hydrogens is 332 g/mol. The van der Waals surface area contributed by atoms with E-state index in [1.807, 2.05) is 47.4 Å². The van der Waals surface area contributed by atoms with E-state index in [1.54, 1.807) is 11.8 Å². The Labute approximate surface area is 149 Å². The van der Waals surface area contributed by atoms with E-state index in [9.17, 15) is 9.59 Å². The van der Waals surface area contributed by atoms with Crippen molar-refractivity contribution in [1.29, 1.82) is 0 Å². The summed E-state index contributed by atoms with van der Waals surface area (Å²) in [6, 6.07) is 16.8. The van der Waals surface area contributed by atoms with Crippen LogP contribution < -0.4 is 10.5 Å². The molecule has 0 spiro atoms. The lowest BCUT2D eigenvalue weighted by atomic mass is 10.1. The van der Waals surface area contributed by atoms with Gasteiger partial charge in [-0.15, -0.1) is 11.8 Å². The van der Waals surface area contributed by atoms with Crippen LogP contribution in [0.2, 0.25) is 0 Å². The summed E-state index contributed by atoms with van der Waals surface area (Å²) in [5.74, 6) is -0.121. The predicted molar refractivity (Wildman–Crippen MR) is 103 cm³/mol. The molecule has 1 aromatic heterocycles. The molecular formula is C20H18N2O2S. The van der Waals surface area contributed by atoms with E-state index in [0.717, 1.165) is 22.4 Å². The van der Waals surface area contributed by atoms with Gasteiger partial charge in [-0.05, 0) is 24.6 Å². The van der Waals surface area contributed by atoms with Crippen LogP contribution in [0.4, 0.5) is 5.69 Å². The summed E-state index contributed by atoms with van der Waals surface area (Å²) in [5, 5.41) is 1.21. The van der Waals surface area contributed by atoms with Gasteiger partial charge in [0.2, 0.25) is 5.56 Å². The van der Waals surface area contributed by atoms with Crippen LogP contribution in [0.3, 0.4) is 0 Å². The first kappa shape index (κ1) is 16.0. The number of para-hydroxylation sites is 2. The van der Waals surface area contributed by atoms with Gasteiger partial charge in [0.05, 0.1) is 11.3 Å². The average molecular weight is 350 g/mol. The molecule has 25 heavy (non-hydrogen) atoms. The topological polar surface area (TPSA) is 53.2 Å². The Morgan fingerprint density at radius 1 is 1.16 bits per heavy atom. The number of aromatic nitrogens is 1. The number of nitrogens with zero attached hydrogens (tertiary/aromatic N) is 1. The van der Waals surface area contributed by atoms with Gasteiger partial charge in [-0.25, -0.2) is 0 Å². The Balaban J connectivity index is 1.86. The van der Waals surface area contributed by atoms with Crippen LogP contribution >= 0.6 is 11.8 Å². The molecule has 0 radical (unpaired) electrons. The van der Waals surface area contributed by atoms with Crippen LogP contribution in [0, 0.1) is 0 Å². The van der Waals surface area contributed by atoms with Gasteiger partial charge in [-0.1, -0.05) is 37.3 Å². The number of nitrogens with one attached hydrogen (secondary N) is 1. The first-order chi connectivity index (χ1) is 12.1. The zero-order valence-electron chi connectivity index (χ0n) is 13.9. The third-order valence-electron chi connectivity index (χ3n) is 4.47. The molecule has 1 aliphatic rings. The maximum absolute atomic E-state index is 13.4. The Morgan fingerprint density at radius 3 is 2.80 bits per heavy atom. The average Bonchev–Trinajstić information content (AvgIpc) is 2.78. The fourth-order valence-electron chi connectivity index (χ4n) is 3.22. The van der Waals surface area contributed by atoms with Gasteiger partial charge in [-0.2, -0.15) is 0 Å². The zero-order chi connectivity index (χ0) is 17.4. The zero-order valence-corrected chi connectivity index (χ0v) is 14.7. The fraction of sp³-hybridized carbons (Fsp3) is 0.200. The highest BCUT2D eigenvalue weighted by Gasteiger charge is 2.26. The van der Waals surface area contributed by atoms with Gasteiger partial charge < -0.3 is 9.88 Å². The van der Waals surface area contributed by atoms with E-state index in [2.05, 4.69) is 18.0 Å². The fourth-order valence-corrected chi connectivity index (χ4v) is 4.34. The largest absolute Gasteiger partial charge is 0.322 e. The standard InChI is InChI=1S/C20H18N2O2S/c1-13-10-11-22(17-8-4-5-9-18(17)25-13)20(24)15-12-19(23)21-16-7-3-2-6-14(15)16/h2-9,12-13H,10-11H2,1H3,(H,21,23). The van der Waals surface area contributed by atoms with Crippen LogP contribution in [0.1, 0.15) is 23.7 Å². The Hall–Kier alpha value is -2.53. The number of anilines is 1. The van der Waals surface area contributed by atoms with Crippen molar-refractivity contribution < 1.29 is 4.79 Å². The Bertz CT molecular complexity index is 1010. The molecule has 0 saturated carbocycles. The summed E-state index contributed by atoms with van der Waals surface area (Å²) in [6.07, 6.45) is 0.909. The van der Waals surface area contributed by atoms with Crippen molar-refractivity contribution in [2.45, 2.75) is 23.5 Å². The molecule has 2 aromatic carbocycles. The van der Waals surface area contributed by atoms with E-state index in [0.29, 0.717) is 22.9 Å². The number of thioether (sulfide) groups is 1. The second kappa shape index (κ2) is 6.41. The number of carbonyl (C=O) groups excluding carboxylic acids is 1. The van der Waals surface area contributed by atoms with Crippen molar-refractivity contribution in [1.82, 2.24) is 4.98 Å². The summed E-state index contributed by atoms with van der Waals surface area (Å²) < 4.78 is 0.